The molecule has 2 aliphatic rings. The first-order valence-electron chi connectivity index (χ1n) is 10.3. The van der Waals surface area contributed by atoms with Gasteiger partial charge in [-0.25, -0.2) is 4.98 Å². The number of hydrogen-bond donors (Lipinski definition) is 2. The molecule has 0 atom stereocenters. The van der Waals surface area contributed by atoms with Gasteiger partial charge in [0, 0.05) is 29.7 Å². The van der Waals surface area contributed by atoms with Gasteiger partial charge in [-0.15, -0.1) is 0 Å². The van der Waals surface area contributed by atoms with Crippen molar-refractivity contribution >= 4 is 11.8 Å². The number of amides is 2. The van der Waals surface area contributed by atoms with E-state index in [4.69, 9.17) is 5.73 Å². The molecule has 1 aliphatic carbocycles. The van der Waals surface area contributed by atoms with Crippen LogP contribution in [-0.4, -0.2) is 33.2 Å². The summed E-state index contributed by atoms with van der Waals surface area (Å²) in [5.74, 6) is 0.768. The summed E-state index contributed by atoms with van der Waals surface area (Å²) < 4.78 is 0. The maximum atomic E-state index is 12.7. The Labute approximate surface area is 169 Å². The second-order valence-electron chi connectivity index (χ2n) is 8.04. The molecule has 29 heavy (non-hydrogen) atoms. The van der Waals surface area contributed by atoms with E-state index in [1.54, 1.807) is 24.3 Å². The molecule has 1 aromatic heterocycles. The number of fused-ring (bicyclic) bond motifs is 1. The Morgan fingerprint density at radius 3 is 2.59 bits per heavy atom. The van der Waals surface area contributed by atoms with Gasteiger partial charge in [0.25, 0.3) is 5.56 Å². The molecule has 2 amide bonds. The number of aromatic nitrogens is 2. The fourth-order valence-corrected chi connectivity index (χ4v) is 4.37. The van der Waals surface area contributed by atoms with E-state index in [0.717, 1.165) is 6.42 Å². The molecule has 2 aromatic rings. The number of benzene rings is 1. The lowest BCUT2D eigenvalue weighted by Gasteiger charge is -2.28. The normalized spacial score (nSPS) is 16.6. The van der Waals surface area contributed by atoms with Gasteiger partial charge in [-0.05, 0) is 30.9 Å². The van der Waals surface area contributed by atoms with E-state index < -0.39 is 5.91 Å². The van der Waals surface area contributed by atoms with E-state index in [2.05, 4.69) is 9.97 Å². The van der Waals surface area contributed by atoms with Gasteiger partial charge in [0.2, 0.25) is 11.8 Å². The summed E-state index contributed by atoms with van der Waals surface area (Å²) in [6.45, 7) is 0.934. The minimum absolute atomic E-state index is 0.150. The highest BCUT2D eigenvalue weighted by atomic mass is 16.2. The topological polar surface area (TPSA) is 109 Å². The summed E-state index contributed by atoms with van der Waals surface area (Å²) in [5.41, 5.74) is 7.51. The van der Waals surface area contributed by atoms with Crippen molar-refractivity contribution in [1.29, 1.82) is 0 Å². The van der Waals surface area contributed by atoms with Crippen molar-refractivity contribution in [2.24, 2.45) is 11.7 Å². The first-order chi connectivity index (χ1) is 14.0. The lowest BCUT2D eigenvalue weighted by Crippen LogP contribution is -2.39. The molecule has 0 spiro atoms. The van der Waals surface area contributed by atoms with Gasteiger partial charge in [-0.1, -0.05) is 37.8 Å². The van der Waals surface area contributed by atoms with E-state index in [9.17, 15) is 14.4 Å². The predicted octanol–water partition coefficient (Wildman–Crippen LogP) is 2.39. The van der Waals surface area contributed by atoms with Crippen LogP contribution in [0.1, 0.15) is 60.1 Å². The van der Waals surface area contributed by atoms with Crippen LogP contribution < -0.4 is 11.3 Å². The maximum absolute atomic E-state index is 12.7. The molecule has 0 unspecified atom stereocenters. The van der Waals surface area contributed by atoms with Crippen molar-refractivity contribution in [1.82, 2.24) is 14.9 Å². The number of nitrogens with one attached hydrogen (secondary N) is 1. The fourth-order valence-electron chi connectivity index (χ4n) is 4.37. The van der Waals surface area contributed by atoms with E-state index in [0.29, 0.717) is 60.1 Å². The minimum atomic E-state index is -0.504. The van der Waals surface area contributed by atoms with Crippen LogP contribution in [0, 0.1) is 5.92 Å². The van der Waals surface area contributed by atoms with Gasteiger partial charge in [0.1, 0.15) is 5.82 Å². The molecule has 1 fully saturated rings. The molecule has 2 heterocycles. The van der Waals surface area contributed by atoms with Crippen molar-refractivity contribution in [3.05, 3.63) is 51.4 Å². The highest BCUT2D eigenvalue weighted by molar-refractivity contribution is 5.93. The summed E-state index contributed by atoms with van der Waals surface area (Å²) in [6, 6.07) is 6.63. The van der Waals surface area contributed by atoms with Gasteiger partial charge in [-0.3, -0.25) is 14.4 Å². The summed E-state index contributed by atoms with van der Waals surface area (Å²) in [7, 11) is 0. The highest BCUT2D eigenvalue weighted by Gasteiger charge is 2.25. The van der Waals surface area contributed by atoms with Gasteiger partial charge >= 0.3 is 0 Å². The average Bonchev–Trinajstić information content (AvgIpc) is 3.25. The van der Waals surface area contributed by atoms with Gasteiger partial charge < -0.3 is 15.6 Å². The second kappa shape index (κ2) is 8.19. The third kappa shape index (κ3) is 4.23. The average molecular weight is 394 g/mol. The van der Waals surface area contributed by atoms with E-state index in [-0.39, 0.29) is 11.5 Å². The van der Waals surface area contributed by atoms with Crippen LogP contribution in [-0.2, 0) is 17.8 Å². The van der Waals surface area contributed by atoms with Crippen LogP contribution in [0.5, 0.6) is 0 Å². The quantitative estimate of drug-likeness (QED) is 0.811. The maximum Gasteiger partial charge on any atom is 0.254 e. The number of primary amides is 1. The summed E-state index contributed by atoms with van der Waals surface area (Å²) in [6.07, 6.45) is 7.11. The Morgan fingerprint density at radius 1 is 1.17 bits per heavy atom. The molecular weight excluding hydrogens is 368 g/mol. The Bertz CT molecular complexity index is 975. The van der Waals surface area contributed by atoms with E-state index in [1.165, 1.54) is 25.7 Å². The molecular formula is C22H26N4O3. The van der Waals surface area contributed by atoms with Gasteiger partial charge in [0.15, 0.2) is 0 Å². The third-order valence-corrected chi connectivity index (χ3v) is 6.11. The molecule has 1 aromatic carbocycles. The number of nitrogens with zero attached hydrogens (tertiary/aromatic N) is 2. The number of aromatic amines is 1. The van der Waals surface area contributed by atoms with E-state index >= 15 is 0 Å². The predicted molar refractivity (Wildman–Crippen MR) is 109 cm³/mol. The van der Waals surface area contributed by atoms with Gasteiger partial charge in [0.05, 0.1) is 12.2 Å². The van der Waals surface area contributed by atoms with Crippen molar-refractivity contribution in [3.8, 4) is 11.4 Å². The number of rotatable bonds is 5. The number of carbonyl (C=O) groups is 2. The summed E-state index contributed by atoms with van der Waals surface area (Å²) in [4.78, 5) is 45.7. The smallest absolute Gasteiger partial charge is 0.254 e. The summed E-state index contributed by atoms with van der Waals surface area (Å²) in [5, 5.41) is 0. The number of carbonyl (C=O) groups excluding carboxylic acids is 2. The minimum Gasteiger partial charge on any atom is -0.366 e. The zero-order chi connectivity index (χ0) is 20.4. The van der Waals surface area contributed by atoms with Crippen LogP contribution in [0.15, 0.2) is 29.1 Å². The molecule has 3 N–H and O–H groups in total. The Hall–Kier alpha value is -2.96. The first kappa shape index (κ1) is 19.4. The van der Waals surface area contributed by atoms with Crippen molar-refractivity contribution < 1.29 is 9.59 Å². The molecule has 0 bridgehead atoms. The fraction of sp³-hybridized carbons (Fsp3) is 0.455. The Morgan fingerprint density at radius 2 is 1.90 bits per heavy atom. The molecule has 1 saturated carbocycles. The monoisotopic (exact) mass is 394 g/mol. The van der Waals surface area contributed by atoms with Crippen molar-refractivity contribution in [2.75, 3.05) is 6.54 Å². The van der Waals surface area contributed by atoms with Crippen molar-refractivity contribution in [3.63, 3.8) is 0 Å². The third-order valence-electron chi connectivity index (χ3n) is 6.11. The zero-order valence-electron chi connectivity index (χ0n) is 16.4. The van der Waals surface area contributed by atoms with Crippen LogP contribution in [0.3, 0.4) is 0 Å². The number of nitrogens with two attached hydrogens (primary N) is 1. The Kier molecular flexibility index (Phi) is 5.47. The molecule has 152 valence electrons. The Balaban J connectivity index is 1.50. The number of hydrogen-bond acceptors (Lipinski definition) is 4. The van der Waals surface area contributed by atoms with Gasteiger partial charge in [-0.2, -0.15) is 0 Å². The zero-order valence-corrected chi connectivity index (χ0v) is 16.4. The van der Waals surface area contributed by atoms with Crippen molar-refractivity contribution in [2.45, 2.75) is 51.5 Å². The lowest BCUT2D eigenvalue weighted by molar-refractivity contribution is -0.132. The van der Waals surface area contributed by atoms with Crippen LogP contribution in [0.25, 0.3) is 11.4 Å². The molecule has 1 aliphatic heterocycles. The second-order valence-corrected chi connectivity index (χ2v) is 8.04. The van der Waals surface area contributed by atoms with Crippen LogP contribution >= 0.6 is 0 Å². The van der Waals surface area contributed by atoms with E-state index in [1.807, 2.05) is 4.90 Å². The highest BCUT2D eigenvalue weighted by Crippen LogP contribution is 2.29. The molecule has 0 radical (unpaired) electrons. The lowest BCUT2D eigenvalue weighted by atomic mass is 10.0. The van der Waals surface area contributed by atoms with Crippen LogP contribution in [0.2, 0.25) is 0 Å². The molecule has 4 rings (SSSR count). The first-order valence-corrected chi connectivity index (χ1v) is 10.3. The SMILES string of the molecule is NC(=O)c1ccc(-c2nc3c(c(=O)[nH]2)CCN(C(=O)CCC2CCCC2)C3)cc1. The molecule has 0 saturated heterocycles. The molecule has 7 nitrogen and oxygen atoms in total. The van der Waals surface area contributed by atoms with Crippen LogP contribution in [0.4, 0.5) is 0 Å². The number of H-pyrrole nitrogens is 1. The molecule has 7 heteroatoms. The summed E-state index contributed by atoms with van der Waals surface area (Å²) >= 11 is 0. The largest absolute Gasteiger partial charge is 0.366 e. The standard InChI is InChI=1S/C22H26N4O3/c23-20(28)15-6-8-16(9-7-15)21-24-18-13-26(12-11-17(18)22(29)25-21)19(27)10-5-14-3-1-2-4-14/h6-9,14H,1-5,10-13H2,(H2,23,28)(H,24,25,29).